The summed E-state index contributed by atoms with van der Waals surface area (Å²) >= 11 is 0. The summed E-state index contributed by atoms with van der Waals surface area (Å²) < 4.78 is 30.2. The van der Waals surface area contributed by atoms with Gasteiger partial charge in [-0.05, 0) is 29.8 Å². The van der Waals surface area contributed by atoms with Crippen LogP contribution in [0.1, 0.15) is 26.4 Å². The van der Waals surface area contributed by atoms with Crippen molar-refractivity contribution in [3.63, 3.8) is 0 Å². The van der Waals surface area contributed by atoms with Gasteiger partial charge in [0.2, 0.25) is 5.75 Å². The largest absolute Gasteiger partial charge is 0.493 e. The van der Waals surface area contributed by atoms with E-state index in [2.05, 4.69) is 20.9 Å². The second-order valence-electron chi connectivity index (χ2n) is 6.81. The summed E-state index contributed by atoms with van der Waals surface area (Å²) in [5, 5.41) is 13.2. The molecule has 2 N–H and O–H groups in total. The molecular formula is C22H24FN5O5. The summed E-state index contributed by atoms with van der Waals surface area (Å²) in [5.74, 6) is -0.103. The lowest BCUT2D eigenvalue weighted by Gasteiger charge is -2.15. The van der Waals surface area contributed by atoms with Crippen molar-refractivity contribution >= 4 is 11.8 Å². The molecule has 10 nitrogen and oxygen atoms in total. The van der Waals surface area contributed by atoms with E-state index in [0.717, 1.165) is 5.56 Å². The average Bonchev–Trinajstić information content (AvgIpc) is 3.31. The van der Waals surface area contributed by atoms with Crippen LogP contribution in [-0.4, -0.2) is 54.7 Å². The maximum atomic E-state index is 13.0. The van der Waals surface area contributed by atoms with E-state index < -0.39 is 5.91 Å². The molecule has 3 rings (SSSR count). The van der Waals surface area contributed by atoms with Crippen LogP contribution in [0.4, 0.5) is 4.39 Å². The van der Waals surface area contributed by atoms with Crippen LogP contribution in [0.3, 0.4) is 0 Å². The normalized spacial score (nSPS) is 10.4. The predicted molar refractivity (Wildman–Crippen MR) is 116 cm³/mol. The Kier molecular flexibility index (Phi) is 7.79. The van der Waals surface area contributed by atoms with Gasteiger partial charge in [-0.15, -0.1) is 5.10 Å². The number of hydrogen-bond donors (Lipinski definition) is 2. The molecule has 0 saturated heterocycles. The van der Waals surface area contributed by atoms with Crippen molar-refractivity contribution in [2.75, 3.05) is 27.9 Å². The van der Waals surface area contributed by atoms with E-state index in [1.54, 1.807) is 24.3 Å². The van der Waals surface area contributed by atoms with Crippen LogP contribution < -0.4 is 24.8 Å². The van der Waals surface area contributed by atoms with Crippen LogP contribution >= 0.6 is 0 Å². The fourth-order valence-electron chi connectivity index (χ4n) is 3.05. The SMILES string of the molecule is COc1ccc(C(=O)NCCn2cc(C(=O)NCc3ccc(F)cc3)nn2)c(OC)c1OC. The maximum absolute atomic E-state index is 13.0. The molecule has 11 heteroatoms. The molecule has 0 atom stereocenters. The van der Waals surface area contributed by atoms with Gasteiger partial charge >= 0.3 is 0 Å². The fraction of sp³-hybridized carbons (Fsp3) is 0.273. The van der Waals surface area contributed by atoms with Crippen molar-refractivity contribution in [3.05, 3.63) is 65.2 Å². The van der Waals surface area contributed by atoms with Crippen LogP contribution in [0.25, 0.3) is 0 Å². The number of hydrogen-bond acceptors (Lipinski definition) is 7. The van der Waals surface area contributed by atoms with Gasteiger partial charge < -0.3 is 24.8 Å². The zero-order valence-electron chi connectivity index (χ0n) is 18.4. The summed E-state index contributed by atoms with van der Waals surface area (Å²) in [6, 6.07) is 9.01. The number of aromatic nitrogens is 3. The molecule has 2 amide bonds. The van der Waals surface area contributed by atoms with Gasteiger partial charge in [0.05, 0.1) is 39.6 Å². The van der Waals surface area contributed by atoms with Gasteiger partial charge in [-0.2, -0.15) is 0 Å². The number of rotatable bonds is 10. The highest BCUT2D eigenvalue weighted by Crippen LogP contribution is 2.39. The van der Waals surface area contributed by atoms with Gasteiger partial charge in [0, 0.05) is 13.1 Å². The van der Waals surface area contributed by atoms with E-state index in [4.69, 9.17) is 14.2 Å². The van der Waals surface area contributed by atoms with Gasteiger partial charge in [0.25, 0.3) is 11.8 Å². The molecule has 3 aromatic rings. The van der Waals surface area contributed by atoms with E-state index in [0.29, 0.717) is 18.0 Å². The average molecular weight is 457 g/mol. The minimum absolute atomic E-state index is 0.130. The third-order valence-corrected chi connectivity index (χ3v) is 4.71. The topological polar surface area (TPSA) is 117 Å². The highest BCUT2D eigenvalue weighted by Gasteiger charge is 2.20. The van der Waals surface area contributed by atoms with Gasteiger partial charge in [-0.25, -0.2) is 9.07 Å². The smallest absolute Gasteiger partial charge is 0.273 e. The maximum Gasteiger partial charge on any atom is 0.273 e. The molecule has 0 aliphatic carbocycles. The molecule has 0 saturated carbocycles. The third-order valence-electron chi connectivity index (χ3n) is 4.71. The number of amides is 2. The van der Waals surface area contributed by atoms with Crippen LogP contribution in [-0.2, 0) is 13.1 Å². The van der Waals surface area contributed by atoms with Crippen molar-refractivity contribution < 1.29 is 28.2 Å². The van der Waals surface area contributed by atoms with E-state index >= 15 is 0 Å². The summed E-state index contributed by atoms with van der Waals surface area (Å²) in [4.78, 5) is 24.9. The lowest BCUT2D eigenvalue weighted by molar-refractivity contribution is 0.0938. The number of benzene rings is 2. The van der Waals surface area contributed by atoms with Crippen molar-refractivity contribution in [1.82, 2.24) is 25.6 Å². The Morgan fingerprint density at radius 1 is 0.939 bits per heavy atom. The van der Waals surface area contributed by atoms with E-state index in [1.165, 1.54) is 44.3 Å². The van der Waals surface area contributed by atoms with E-state index in [-0.39, 0.29) is 41.8 Å². The first kappa shape index (κ1) is 23.5. The Morgan fingerprint density at radius 3 is 2.33 bits per heavy atom. The predicted octanol–water partition coefficient (Wildman–Crippen LogP) is 1.80. The summed E-state index contributed by atoms with van der Waals surface area (Å²) in [6.45, 7) is 0.755. The Hall–Kier alpha value is -4.15. The molecule has 1 heterocycles. The number of carbonyl (C=O) groups is 2. The van der Waals surface area contributed by atoms with Crippen LogP contribution in [0.15, 0.2) is 42.6 Å². The van der Waals surface area contributed by atoms with Gasteiger partial charge in [-0.1, -0.05) is 17.3 Å². The monoisotopic (exact) mass is 457 g/mol. The fourth-order valence-corrected chi connectivity index (χ4v) is 3.05. The summed E-state index contributed by atoms with van der Waals surface area (Å²) in [5.41, 5.74) is 1.17. The minimum atomic E-state index is -0.412. The lowest BCUT2D eigenvalue weighted by Crippen LogP contribution is -2.28. The van der Waals surface area contributed by atoms with Crippen LogP contribution in [0.2, 0.25) is 0 Å². The van der Waals surface area contributed by atoms with Crippen LogP contribution in [0.5, 0.6) is 17.2 Å². The molecule has 0 aliphatic heterocycles. The molecule has 0 bridgehead atoms. The molecule has 0 spiro atoms. The van der Waals surface area contributed by atoms with E-state index in [1.807, 2.05) is 0 Å². The Morgan fingerprint density at radius 2 is 1.67 bits per heavy atom. The van der Waals surface area contributed by atoms with Crippen molar-refractivity contribution in [2.45, 2.75) is 13.1 Å². The zero-order valence-corrected chi connectivity index (χ0v) is 18.4. The second kappa shape index (κ2) is 10.9. The molecule has 0 unspecified atom stereocenters. The first-order valence-electron chi connectivity index (χ1n) is 9.96. The molecular weight excluding hydrogens is 433 g/mol. The number of methoxy groups -OCH3 is 3. The van der Waals surface area contributed by atoms with E-state index in [9.17, 15) is 14.0 Å². The number of ether oxygens (including phenoxy) is 3. The highest BCUT2D eigenvalue weighted by atomic mass is 19.1. The Balaban J connectivity index is 1.54. The third kappa shape index (κ3) is 5.76. The second-order valence-corrected chi connectivity index (χ2v) is 6.81. The molecule has 0 radical (unpaired) electrons. The Labute approximate surface area is 189 Å². The molecule has 174 valence electrons. The number of halogens is 1. The molecule has 33 heavy (non-hydrogen) atoms. The molecule has 0 aliphatic rings. The number of nitrogens with one attached hydrogen (secondary N) is 2. The summed E-state index contributed by atoms with van der Waals surface area (Å²) in [7, 11) is 4.39. The number of carbonyl (C=O) groups excluding carboxylic acids is 2. The minimum Gasteiger partial charge on any atom is -0.493 e. The molecule has 1 aromatic heterocycles. The van der Waals surface area contributed by atoms with Crippen molar-refractivity contribution in [1.29, 1.82) is 0 Å². The zero-order chi connectivity index (χ0) is 23.8. The Bertz CT molecular complexity index is 1120. The molecule has 2 aromatic carbocycles. The molecule has 0 fully saturated rings. The van der Waals surface area contributed by atoms with Crippen molar-refractivity contribution in [2.24, 2.45) is 0 Å². The van der Waals surface area contributed by atoms with Crippen molar-refractivity contribution in [3.8, 4) is 17.2 Å². The highest BCUT2D eigenvalue weighted by molar-refractivity contribution is 5.98. The first-order chi connectivity index (χ1) is 16.0. The van der Waals surface area contributed by atoms with Gasteiger partial charge in [0.1, 0.15) is 5.82 Å². The standard InChI is InChI=1S/C22H24FN5O5/c1-31-18-9-8-16(19(32-2)20(18)33-3)21(29)24-10-11-28-13-17(26-27-28)22(30)25-12-14-4-6-15(23)7-5-14/h4-9,13H,10-12H2,1-3H3,(H,24,29)(H,25,30). The number of nitrogens with zero attached hydrogens (tertiary/aromatic N) is 3. The lowest BCUT2D eigenvalue weighted by atomic mass is 10.1. The van der Waals surface area contributed by atoms with Crippen LogP contribution in [0, 0.1) is 5.82 Å². The summed E-state index contributed by atoms with van der Waals surface area (Å²) in [6.07, 6.45) is 1.48. The first-order valence-corrected chi connectivity index (χ1v) is 9.96. The van der Waals surface area contributed by atoms with Gasteiger partial charge in [-0.3, -0.25) is 9.59 Å². The van der Waals surface area contributed by atoms with Gasteiger partial charge in [0.15, 0.2) is 17.2 Å². The quantitative estimate of drug-likeness (QED) is 0.477.